The van der Waals surface area contributed by atoms with E-state index in [1.165, 1.54) is 0 Å². The fraction of sp³-hybridized carbons (Fsp3) is 0.700. The van der Waals surface area contributed by atoms with Crippen molar-refractivity contribution in [2.75, 3.05) is 13.1 Å². The van der Waals surface area contributed by atoms with Crippen LogP contribution in [0.25, 0.3) is 0 Å². The molecular formula is C10H18N2O2. The average molecular weight is 198 g/mol. The van der Waals surface area contributed by atoms with Gasteiger partial charge in [-0.25, -0.2) is 0 Å². The standard InChI is InChI=1S/C10H18N2O2/c1-2-9(10(13)14)12-6-4-3-5-8(12)7-11/h3,5,8-9H,2,4,6-7,11H2,1H3,(H,13,14). The van der Waals surface area contributed by atoms with Gasteiger partial charge in [0, 0.05) is 19.1 Å². The van der Waals surface area contributed by atoms with Crippen molar-refractivity contribution in [1.82, 2.24) is 4.90 Å². The fourth-order valence-corrected chi connectivity index (χ4v) is 1.91. The molecule has 0 spiro atoms. The molecule has 3 N–H and O–H groups in total. The number of carboxylic acids is 1. The van der Waals surface area contributed by atoms with Crippen LogP contribution in [0.2, 0.25) is 0 Å². The molecule has 2 atom stereocenters. The van der Waals surface area contributed by atoms with Gasteiger partial charge in [-0.1, -0.05) is 19.1 Å². The summed E-state index contributed by atoms with van der Waals surface area (Å²) < 4.78 is 0. The highest BCUT2D eigenvalue weighted by Gasteiger charge is 2.28. The van der Waals surface area contributed by atoms with E-state index in [4.69, 9.17) is 10.8 Å². The number of rotatable bonds is 4. The van der Waals surface area contributed by atoms with Gasteiger partial charge in [-0.15, -0.1) is 0 Å². The summed E-state index contributed by atoms with van der Waals surface area (Å²) in [6.07, 6.45) is 5.62. The second-order valence-corrected chi connectivity index (χ2v) is 3.52. The highest BCUT2D eigenvalue weighted by Crippen LogP contribution is 2.15. The first-order valence-electron chi connectivity index (χ1n) is 5.06. The molecule has 1 aliphatic heterocycles. The second-order valence-electron chi connectivity index (χ2n) is 3.52. The van der Waals surface area contributed by atoms with Crippen LogP contribution in [0.5, 0.6) is 0 Å². The Morgan fingerprint density at radius 3 is 3.00 bits per heavy atom. The van der Waals surface area contributed by atoms with E-state index in [1.54, 1.807) is 0 Å². The molecule has 0 fully saturated rings. The zero-order valence-electron chi connectivity index (χ0n) is 8.52. The Kier molecular flexibility index (Phi) is 4.10. The molecule has 0 saturated heterocycles. The van der Waals surface area contributed by atoms with E-state index < -0.39 is 12.0 Å². The van der Waals surface area contributed by atoms with Gasteiger partial charge in [0.2, 0.25) is 0 Å². The zero-order chi connectivity index (χ0) is 10.6. The summed E-state index contributed by atoms with van der Waals surface area (Å²) in [7, 11) is 0. The SMILES string of the molecule is CCC(C(=O)O)N1CCC=CC1CN. The summed E-state index contributed by atoms with van der Waals surface area (Å²) >= 11 is 0. The lowest BCUT2D eigenvalue weighted by molar-refractivity contribution is -0.144. The molecule has 4 nitrogen and oxygen atoms in total. The number of carboxylic acid groups (broad SMARTS) is 1. The van der Waals surface area contributed by atoms with Crippen molar-refractivity contribution >= 4 is 5.97 Å². The molecule has 4 heteroatoms. The molecule has 1 heterocycles. The smallest absolute Gasteiger partial charge is 0.320 e. The van der Waals surface area contributed by atoms with E-state index in [-0.39, 0.29) is 6.04 Å². The summed E-state index contributed by atoms with van der Waals surface area (Å²) in [5.74, 6) is -0.749. The van der Waals surface area contributed by atoms with Crippen molar-refractivity contribution < 1.29 is 9.90 Å². The lowest BCUT2D eigenvalue weighted by atomic mass is 10.0. The van der Waals surface area contributed by atoms with Crippen LogP contribution < -0.4 is 5.73 Å². The van der Waals surface area contributed by atoms with Gasteiger partial charge in [0.25, 0.3) is 0 Å². The molecular weight excluding hydrogens is 180 g/mol. The van der Waals surface area contributed by atoms with E-state index >= 15 is 0 Å². The summed E-state index contributed by atoms with van der Waals surface area (Å²) in [5.41, 5.74) is 5.60. The van der Waals surface area contributed by atoms with Gasteiger partial charge in [0.15, 0.2) is 0 Å². The molecule has 0 amide bonds. The van der Waals surface area contributed by atoms with Gasteiger partial charge in [0.05, 0.1) is 0 Å². The molecule has 0 aromatic heterocycles. The lowest BCUT2D eigenvalue weighted by Gasteiger charge is -2.35. The van der Waals surface area contributed by atoms with Gasteiger partial charge in [0.1, 0.15) is 6.04 Å². The van der Waals surface area contributed by atoms with Gasteiger partial charge in [-0.2, -0.15) is 0 Å². The van der Waals surface area contributed by atoms with Crippen LogP contribution in [0.3, 0.4) is 0 Å². The van der Waals surface area contributed by atoms with E-state index in [0.717, 1.165) is 13.0 Å². The maximum atomic E-state index is 11.0. The van der Waals surface area contributed by atoms with E-state index in [2.05, 4.69) is 6.08 Å². The first-order chi connectivity index (χ1) is 6.70. The third kappa shape index (κ3) is 2.33. The number of nitrogens with zero attached hydrogens (tertiary/aromatic N) is 1. The highest BCUT2D eigenvalue weighted by atomic mass is 16.4. The summed E-state index contributed by atoms with van der Waals surface area (Å²) in [6, 6.07) is -0.307. The minimum Gasteiger partial charge on any atom is -0.480 e. The van der Waals surface area contributed by atoms with Crippen LogP contribution in [0.4, 0.5) is 0 Å². The monoisotopic (exact) mass is 198 g/mol. The predicted molar refractivity (Wildman–Crippen MR) is 55.0 cm³/mol. The second kappa shape index (κ2) is 5.12. The molecule has 1 rings (SSSR count). The van der Waals surface area contributed by atoms with Crippen LogP contribution in [0.15, 0.2) is 12.2 Å². The average Bonchev–Trinajstić information content (AvgIpc) is 2.19. The summed E-state index contributed by atoms with van der Waals surface area (Å²) in [6.45, 7) is 3.17. The van der Waals surface area contributed by atoms with E-state index in [1.807, 2.05) is 17.9 Å². The number of carbonyl (C=O) groups is 1. The first kappa shape index (κ1) is 11.2. The molecule has 80 valence electrons. The van der Waals surface area contributed by atoms with Crippen LogP contribution in [0.1, 0.15) is 19.8 Å². The molecule has 0 radical (unpaired) electrons. The predicted octanol–water partition coefficient (Wildman–Crippen LogP) is 0.439. The van der Waals surface area contributed by atoms with Crippen molar-refractivity contribution in [3.63, 3.8) is 0 Å². The third-order valence-electron chi connectivity index (χ3n) is 2.65. The van der Waals surface area contributed by atoms with Crippen molar-refractivity contribution in [3.8, 4) is 0 Å². The molecule has 14 heavy (non-hydrogen) atoms. The van der Waals surface area contributed by atoms with Gasteiger partial charge >= 0.3 is 5.97 Å². The Morgan fingerprint density at radius 2 is 2.50 bits per heavy atom. The zero-order valence-corrected chi connectivity index (χ0v) is 8.52. The molecule has 2 unspecified atom stereocenters. The van der Waals surface area contributed by atoms with Gasteiger partial charge < -0.3 is 10.8 Å². The molecule has 0 aromatic rings. The van der Waals surface area contributed by atoms with Crippen LogP contribution in [-0.2, 0) is 4.79 Å². The lowest BCUT2D eigenvalue weighted by Crippen LogP contribution is -2.50. The van der Waals surface area contributed by atoms with Gasteiger partial charge in [-0.3, -0.25) is 9.69 Å². The Balaban J connectivity index is 2.72. The van der Waals surface area contributed by atoms with Crippen molar-refractivity contribution in [2.24, 2.45) is 5.73 Å². The fourth-order valence-electron chi connectivity index (χ4n) is 1.91. The highest BCUT2D eigenvalue weighted by molar-refractivity contribution is 5.73. The first-order valence-corrected chi connectivity index (χ1v) is 5.06. The molecule has 0 aromatic carbocycles. The van der Waals surface area contributed by atoms with Crippen LogP contribution >= 0.6 is 0 Å². The molecule has 0 saturated carbocycles. The number of hydrogen-bond donors (Lipinski definition) is 2. The Bertz CT molecular complexity index is 228. The minimum absolute atomic E-state index is 0.0878. The molecule has 0 bridgehead atoms. The van der Waals surface area contributed by atoms with E-state index in [9.17, 15) is 4.79 Å². The number of aliphatic carboxylic acids is 1. The summed E-state index contributed by atoms with van der Waals surface area (Å²) in [4.78, 5) is 13.0. The van der Waals surface area contributed by atoms with Crippen molar-refractivity contribution in [1.29, 1.82) is 0 Å². The topological polar surface area (TPSA) is 66.6 Å². The van der Waals surface area contributed by atoms with Crippen LogP contribution in [-0.4, -0.2) is 41.1 Å². The Morgan fingerprint density at radius 1 is 1.79 bits per heavy atom. The van der Waals surface area contributed by atoms with E-state index in [0.29, 0.717) is 13.0 Å². The normalized spacial score (nSPS) is 24.9. The third-order valence-corrected chi connectivity index (χ3v) is 2.65. The van der Waals surface area contributed by atoms with Gasteiger partial charge in [-0.05, 0) is 12.8 Å². The summed E-state index contributed by atoms with van der Waals surface area (Å²) in [5, 5.41) is 9.03. The van der Waals surface area contributed by atoms with Crippen molar-refractivity contribution in [3.05, 3.63) is 12.2 Å². The minimum atomic E-state index is -0.749. The van der Waals surface area contributed by atoms with Crippen LogP contribution in [0, 0.1) is 0 Å². The van der Waals surface area contributed by atoms with Crippen molar-refractivity contribution in [2.45, 2.75) is 31.8 Å². The number of hydrogen-bond acceptors (Lipinski definition) is 3. The quantitative estimate of drug-likeness (QED) is 0.643. The largest absolute Gasteiger partial charge is 0.480 e. The maximum Gasteiger partial charge on any atom is 0.320 e. The Hall–Kier alpha value is -0.870. The Labute approximate surface area is 84.4 Å². The number of nitrogens with two attached hydrogens (primary N) is 1. The maximum absolute atomic E-state index is 11.0. The molecule has 0 aliphatic carbocycles. The molecule has 1 aliphatic rings.